The summed E-state index contributed by atoms with van der Waals surface area (Å²) in [7, 11) is 1.95. The maximum absolute atomic E-state index is 4.40. The van der Waals surface area contributed by atoms with Crippen molar-refractivity contribution in [1.29, 1.82) is 0 Å². The number of aromatic amines is 1. The van der Waals surface area contributed by atoms with Crippen molar-refractivity contribution in [3.05, 3.63) is 35.7 Å². The fourth-order valence-electron chi connectivity index (χ4n) is 1.74. The standard InChI is InChI=1S/C11H17N5/c1-3-10-9(8-16(2)15-10)6-12-7-11-13-4-5-14-11/h4-5,8,12H,3,6-7H2,1-2H3,(H,13,14). The molecule has 0 amide bonds. The molecule has 0 aliphatic carbocycles. The molecule has 0 atom stereocenters. The third-order valence-electron chi connectivity index (χ3n) is 2.49. The highest BCUT2D eigenvalue weighted by molar-refractivity contribution is 5.16. The third kappa shape index (κ3) is 2.49. The second-order valence-electron chi connectivity index (χ2n) is 3.77. The minimum absolute atomic E-state index is 0.755. The molecule has 0 aromatic carbocycles. The molecule has 0 radical (unpaired) electrons. The summed E-state index contributed by atoms with van der Waals surface area (Å²) in [6, 6.07) is 0. The molecule has 86 valence electrons. The van der Waals surface area contributed by atoms with E-state index in [4.69, 9.17) is 0 Å². The van der Waals surface area contributed by atoms with E-state index in [1.54, 1.807) is 6.20 Å². The lowest BCUT2D eigenvalue weighted by atomic mass is 10.2. The first-order chi connectivity index (χ1) is 7.79. The molecule has 0 saturated heterocycles. The van der Waals surface area contributed by atoms with Gasteiger partial charge >= 0.3 is 0 Å². The van der Waals surface area contributed by atoms with Crippen LogP contribution in [0.1, 0.15) is 24.0 Å². The largest absolute Gasteiger partial charge is 0.348 e. The van der Waals surface area contributed by atoms with Gasteiger partial charge < -0.3 is 10.3 Å². The molecule has 5 nitrogen and oxygen atoms in total. The van der Waals surface area contributed by atoms with Gasteiger partial charge in [0.1, 0.15) is 5.82 Å². The number of rotatable bonds is 5. The molecule has 0 bridgehead atoms. The molecule has 2 aromatic heterocycles. The zero-order valence-electron chi connectivity index (χ0n) is 9.70. The van der Waals surface area contributed by atoms with Crippen LogP contribution in [0, 0.1) is 0 Å². The van der Waals surface area contributed by atoms with Crippen molar-refractivity contribution in [3.63, 3.8) is 0 Å². The van der Waals surface area contributed by atoms with E-state index in [0.717, 1.165) is 31.0 Å². The van der Waals surface area contributed by atoms with E-state index in [-0.39, 0.29) is 0 Å². The lowest BCUT2D eigenvalue weighted by Gasteiger charge is -2.01. The van der Waals surface area contributed by atoms with Crippen LogP contribution in [0.5, 0.6) is 0 Å². The molecular formula is C11H17N5. The maximum atomic E-state index is 4.40. The van der Waals surface area contributed by atoms with Crippen molar-refractivity contribution in [1.82, 2.24) is 25.1 Å². The average molecular weight is 219 g/mol. The van der Waals surface area contributed by atoms with Crippen molar-refractivity contribution < 1.29 is 0 Å². The molecule has 2 N–H and O–H groups in total. The van der Waals surface area contributed by atoms with Crippen LogP contribution in [0.15, 0.2) is 18.6 Å². The smallest absolute Gasteiger partial charge is 0.120 e. The molecule has 5 heteroatoms. The molecule has 0 aliphatic heterocycles. The Balaban J connectivity index is 1.89. The van der Waals surface area contributed by atoms with Gasteiger partial charge in [0.05, 0.1) is 12.2 Å². The predicted octanol–water partition coefficient (Wildman–Crippen LogP) is 0.995. The summed E-state index contributed by atoms with van der Waals surface area (Å²) in [6.07, 6.45) is 6.63. The van der Waals surface area contributed by atoms with Crippen LogP contribution >= 0.6 is 0 Å². The van der Waals surface area contributed by atoms with Gasteiger partial charge in [0.2, 0.25) is 0 Å². The summed E-state index contributed by atoms with van der Waals surface area (Å²) >= 11 is 0. The molecule has 2 heterocycles. The first-order valence-corrected chi connectivity index (χ1v) is 5.50. The Hall–Kier alpha value is -1.62. The summed E-state index contributed by atoms with van der Waals surface area (Å²) in [5.74, 6) is 0.960. The number of H-pyrrole nitrogens is 1. The van der Waals surface area contributed by atoms with E-state index in [2.05, 4.69) is 33.5 Å². The number of hydrogen-bond acceptors (Lipinski definition) is 3. The van der Waals surface area contributed by atoms with Crippen LogP contribution in [-0.2, 0) is 26.6 Å². The fourth-order valence-corrected chi connectivity index (χ4v) is 1.74. The lowest BCUT2D eigenvalue weighted by molar-refractivity contribution is 0.664. The van der Waals surface area contributed by atoms with Crippen LogP contribution in [0.25, 0.3) is 0 Å². The second-order valence-corrected chi connectivity index (χ2v) is 3.77. The number of imidazole rings is 1. The molecule has 0 saturated carbocycles. The van der Waals surface area contributed by atoms with E-state index in [0.29, 0.717) is 0 Å². The quantitative estimate of drug-likeness (QED) is 0.788. The molecule has 0 spiro atoms. The Morgan fingerprint density at radius 1 is 1.44 bits per heavy atom. The topological polar surface area (TPSA) is 58.5 Å². The van der Waals surface area contributed by atoms with Crippen LogP contribution in [0.3, 0.4) is 0 Å². The Morgan fingerprint density at radius 2 is 2.31 bits per heavy atom. The zero-order valence-corrected chi connectivity index (χ0v) is 9.70. The van der Waals surface area contributed by atoms with E-state index in [9.17, 15) is 0 Å². The van der Waals surface area contributed by atoms with Crippen LogP contribution in [0.4, 0.5) is 0 Å². The van der Waals surface area contributed by atoms with Crippen molar-refractivity contribution in [3.8, 4) is 0 Å². The van der Waals surface area contributed by atoms with Gasteiger partial charge in [-0.15, -0.1) is 0 Å². The average Bonchev–Trinajstić information content (AvgIpc) is 2.88. The van der Waals surface area contributed by atoms with Gasteiger partial charge in [-0.3, -0.25) is 4.68 Å². The van der Waals surface area contributed by atoms with Crippen LogP contribution in [-0.4, -0.2) is 19.7 Å². The van der Waals surface area contributed by atoms with E-state index >= 15 is 0 Å². The number of aromatic nitrogens is 4. The summed E-state index contributed by atoms with van der Waals surface area (Å²) in [5.41, 5.74) is 2.42. The molecule has 0 aliphatic rings. The Labute approximate surface area is 94.9 Å². The van der Waals surface area contributed by atoms with Gasteiger partial charge in [-0.05, 0) is 6.42 Å². The highest BCUT2D eigenvalue weighted by Gasteiger charge is 2.05. The Kier molecular flexibility index (Phi) is 3.36. The summed E-state index contributed by atoms with van der Waals surface area (Å²) in [6.45, 7) is 3.71. The number of nitrogens with one attached hydrogen (secondary N) is 2. The highest BCUT2D eigenvalue weighted by Crippen LogP contribution is 2.06. The van der Waals surface area contributed by atoms with Crippen molar-refractivity contribution in [2.75, 3.05) is 0 Å². The van der Waals surface area contributed by atoms with Gasteiger partial charge in [0, 0.05) is 37.7 Å². The summed E-state index contributed by atoms with van der Waals surface area (Å²) < 4.78 is 1.86. The molecule has 16 heavy (non-hydrogen) atoms. The molecule has 0 fully saturated rings. The number of aryl methyl sites for hydroxylation is 2. The van der Waals surface area contributed by atoms with Gasteiger partial charge in [0.25, 0.3) is 0 Å². The second kappa shape index (κ2) is 4.94. The first-order valence-electron chi connectivity index (χ1n) is 5.50. The van der Waals surface area contributed by atoms with Gasteiger partial charge in [-0.1, -0.05) is 6.92 Å². The molecular weight excluding hydrogens is 202 g/mol. The van der Waals surface area contributed by atoms with Gasteiger partial charge in [-0.2, -0.15) is 5.10 Å². The monoisotopic (exact) mass is 219 g/mol. The number of nitrogens with zero attached hydrogens (tertiary/aromatic N) is 3. The van der Waals surface area contributed by atoms with Crippen molar-refractivity contribution in [2.45, 2.75) is 26.4 Å². The Morgan fingerprint density at radius 3 is 3.00 bits per heavy atom. The minimum atomic E-state index is 0.755. The van der Waals surface area contributed by atoms with E-state index in [1.807, 2.05) is 17.9 Å². The predicted molar refractivity (Wildman–Crippen MR) is 61.7 cm³/mol. The number of hydrogen-bond donors (Lipinski definition) is 2. The zero-order chi connectivity index (χ0) is 11.4. The summed E-state index contributed by atoms with van der Waals surface area (Å²) in [4.78, 5) is 7.22. The normalized spacial score (nSPS) is 10.9. The first kappa shape index (κ1) is 10.9. The third-order valence-corrected chi connectivity index (χ3v) is 2.49. The van der Waals surface area contributed by atoms with Gasteiger partial charge in [0.15, 0.2) is 0 Å². The maximum Gasteiger partial charge on any atom is 0.120 e. The minimum Gasteiger partial charge on any atom is -0.348 e. The van der Waals surface area contributed by atoms with E-state index in [1.165, 1.54) is 5.56 Å². The lowest BCUT2D eigenvalue weighted by Crippen LogP contribution is -2.14. The fraction of sp³-hybridized carbons (Fsp3) is 0.455. The molecule has 2 rings (SSSR count). The van der Waals surface area contributed by atoms with E-state index < -0.39 is 0 Å². The van der Waals surface area contributed by atoms with Crippen molar-refractivity contribution in [2.24, 2.45) is 7.05 Å². The van der Waals surface area contributed by atoms with Crippen LogP contribution < -0.4 is 5.32 Å². The highest BCUT2D eigenvalue weighted by atomic mass is 15.3. The Bertz CT molecular complexity index is 429. The van der Waals surface area contributed by atoms with Gasteiger partial charge in [-0.25, -0.2) is 4.98 Å². The van der Waals surface area contributed by atoms with Crippen LogP contribution in [0.2, 0.25) is 0 Å². The SMILES string of the molecule is CCc1nn(C)cc1CNCc1ncc[nH]1. The molecule has 2 aromatic rings. The summed E-state index contributed by atoms with van der Waals surface area (Å²) in [5, 5.41) is 7.74. The molecule has 0 unspecified atom stereocenters. The van der Waals surface area contributed by atoms with Crippen molar-refractivity contribution >= 4 is 0 Å².